The smallest absolute Gasteiger partial charge is 0.247 e. The molecule has 12 heteroatoms. The fraction of sp³-hybridized carbons (Fsp3) is 0.464. The van der Waals surface area contributed by atoms with Gasteiger partial charge in [0.1, 0.15) is 29.6 Å². The van der Waals surface area contributed by atoms with E-state index in [9.17, 15) is 19.5 Å². The molecule has 3 fully saturated rings. The van der Waals surface area contributed by atoms with Gasteiger partial charge in [-0.25, -0.2) is 4.68 Å². The Kier molecular flexibility index (Phi) is 6.46. The summed E-state index contributed by atoms with van der Waals surface area (Å²) in [5.74, 6) is -2.11. The first kappa shape index (κ1) is 26.2. The van der Waals surface area contributed by atoms with Crippen molar-refractivity contribution in [3.63, 3.8) is 0 Å². The standard InChI is InChI=1S/C28H32N6O6/c1-3-39-18-10-8-17(9-11-18)30-24(36)21-22-26(38)33(14-15-35)23(28(22)13-12-27(21,2)40-28)25(37)29-16-34-20-7-5-4-6-19(20)31-32-34/h4-11,21-23,35H,3,12-16H2,1-2H3,(H,29,37)(H,30,36)/t21-,22+,23?,27+,28?/m1/s1. The van der Waals surface area contributed by atoms with Crippen LogP contribution in [0.25, 0.3) is 11.0 Å². The van der Waals surface area contributed by atoms with Crippen LogP contribution in [-0.2, 0) is 25.8 Å². The molecule has 40 heavy (non-hydrogen) atoms. The predicted molar refractivity (Wildman–Crippen MR) is 143 cm³/mol. The second-order valence-corrected chi connectivity index (χ2v) is 10.7. The summed E-state index contributed by atoms with van der Waals surface area (Å²) in [6.07, 6.45) is 0.960. The molecule has 3 saturated heterocycles. The van der Waals surface area contributed by atoms with E-state index in [0.29, 0.717) is 36.4 Å². The Morgan fingerprint density at radius 1 is 1.15 bits per heavy atom. The van der Waals surface area contributed by atoms with Gasteiger partial charge in [0.15, 0.2) is 0 Å². The number of aliphatic hydroxyl groups excluding tert-OH is 1. The van der Waals surface area contributed by atoms with E-state index in [1.165, 1.54) is 4.90 Å². The van der Waals surface area contributed by atoms with E-state index >= 15 is 0 Å². The number of carbonyl (C=O) groups excluding carboxylic acids is 3. The molecule has 3 amide bonds. The maximum absolute atomic E-state index is 13.8. The molecule has 6 rings (SSSR count). The lowest BCUT2D eigenvalue weighted by Crippen LogP contribution is -2.55. The summed E-state index contributed by atoms with van der Waals surface area (Å²) >= 11 is 0. The van der Waals surface area contributed by atoms with E-state index in [-0.39, 0.29) is 31.6 Å². The van der Waals surface area contributed by atoms with Gasteiger partial charge in [0, 0.05) is 12.2 Å². The number of carbonyl (C=O) groups is 3. The van der Waals surface area contributed by atoms with Crippen LogP contribution in [0.3, 0.4) is 0 Å². The number of nitrogens with one attached hydrogen (secondary N) is 2. The lowest BCUT2D eigenvalue weighted by atomic mass is 9.66. The number of likely N-dealkylation sites (tertiary alicyclic amines) is 1. The number of para-hydroxylation sites is 1. The molecule has 210 valence electrons. The van der Waals surface area contributed by atoms with Gasteiger partial charge in [-0.3, -0.25) is 14.4 Å². The summed E-state index contributed by atoms with van der Waals surface area (Å²) in [6, 6.07) is 13.4. The average Bonchev–Trinajstić information content (AvgIpc) is 3.65. The first-order chi connectivity index (χ1) is 19.3. The van der Waals surface area contributed by atoms with Crippen LogP contribution < -0.4 is 15.4 Å². The van der Waals surface area contributed by atoms with Gasteiger partial charge in [0.25, 0.3) is 0 Å². The number of aliphatic hydroxyl groups is 1. The lowest BCUT2D eigenvalue weighted by Gasteiger charge is -2.33. The molecule has 5 atom stereocenters. The molecule has 12 nitrogen and oxygen atoms in total. The number of benzene rings is 2. The fourth-order valence-electron chi connectivity index (χ4n) is 6.78. The van der Waals surface area contributed by atoms with Gasteiger partial charge in [-0.05, 0) is 63.1 Å². The quantitative estimate of drug-likeness (QED) is 0.363. The number of amides is 3. The Hall–Kier alpha value is -4.03. The molecule has 2 unspecified atom stereocenters. The van der Waals surface area contributed by atoms with Crippen molar-refractivity contribution in [3.05, 3.63) is 48.5 Å². The second-order valence-electron chi connectivity index (χ2n) is 10.7. The summed E-state index contributed by atoms with van der Waals surface area (Å²) in [6.45, 7) is 3.93. The predicted octanol–water partition coefficient (Wildman–Crippen LogP) is 1.30. The Morgan fingerprint density at radius 2 is 1.93 bits per heavy atom. The third-order valence-electron chi connectivity index (χ3n) is 8.40. The van der Waals surface area contributed by atoms with Crippen LogP contribution in [-0.4, -0.2) is 79.7 Å². The number of anilines is 1. The molecule has 3 aromatic rings. The van der Waals surface area contributed by atoms with E-state index in [2.05, 4.69) is 20.9 Å². The highest BCUT2D eigenvalue weighted by Gasteiger charge is 2.77. The third kappa shape index (κ3) is 4.01. The van der Waals surface area contributed by atoms with Crippen molar-refractivity contribution in [1.29, 1.82) is 0 Å². The molecule has 0 aliphatic carbocycles. The highest BCUT2D eigenvalue weighted by Crippen LogP contribution is 2.63. The normalized spacial score (nSPS) is 28.6. The minimum Gasteiger partial charge on any atom is -0.494 e. The van der Waals surface area contributed by atoms with Crippen molar-refractivity contribution in [2.45, 2.75) is 50.6 Å². The van der Waals surface area contributed by atoms with Crippen molar-refractivity contribution in [1.82, 2.24) is 25.2 Å². The van der Waals surface area contributed by atoms with Gasteiger partial charge in [-0.2, -0.15) is 0 Å². The summed E-state index contributed by atoms with van der Waals surface area (Å²) in [5.41, 5.74) is -0.0794. The zero-order valence-electron chi connectivity index (χ0n) is 22.4. The molecule has 3 N–H and O–H groups in total. The van der Waals surface area contributed by atoms with E-state index in [0.717, 1.165) is 5.52 Å². The molecule has 4 heterocycles. The second kappa shape index (κ2) is 9.86. The molecule has 2 bridgehead atoms. The van der Waals surface area contributed by atoms with E-state index in [1.807, 2.05) is 38.1 Å². The van der Waals surface area contributed by atoms with E-state index in [4.69, 9.17) is 9.47 Å². The number of aromatic nitrogens is 3. The van der Waals surface area contributed by atoms with E-state index in [1.54, 1.807) is 28.9 Å². The summed E-state index contributed by atoms with van der Waals surface area (Å²) in [5, 5.41) is 23.8. The first-order valence-electron chi connectivity index (χ1n) is 13.5. The summed E-state index contributed by atoms with van der Waals surface area (Å²) in [7, 11) is 0. The Bertz CT molecular complexity index is 1460. The largest absolute Gasteiger partial charge is 0.494 e. The van der Waals surface area contributed by atoms with Crippen LogP contribution in [0.1, 0.15) is 26.7 Å². The van der Waals surface area contributed by atoms with Crippen molar-refractivity contribution in [3.8, 4) is 5.75 Å². The highest BCUT2D eigenvalue weighted by molar-refractivity contribution is 6.02. The van der Waals surface area contributed by atoms with Crippen LogP contribution in [0.2, 0.25) is 0 Å². The van der Waals surface area contributed by atoms with Crippen LogP contribution >= 0.6 is 0 Å². The van der Waals surface area contributed by atoms with Gasteiger partial charge < -0.3 is 30.1 Å². The van der Waals surface area contributed by atoms with Gasteiger partial charge >= 0.3 is 0 Å². The Balaban J connectivity index is 1.26. The van der Waals surface area contributed by atoms with Crippen LogP contribution in [0.4, 0.5) is 5.69 Å². The van der Waals surface area contributed by atoms with Gasteiger partial charge in [-0.15, -0.1) is 5.10 Å². The molecule has 3 aliphatic rings. The molecular formula is C28H32N6O6. The zero-order chi connectivity index (χ0) is 28.1. The SMILES string of the molecule is CCOc1ccc(NC(=O)[C@H]2[C@H]3C(=O)N(CCO)C(C(=O)NCn4nnc5ccccc54)C34CC[C@]2(C)O4)cc1. The maximum Gasteiger partial charge on any atom is 0.247 e. The number of hydrogen-bond donors (Lipinski definition) is 3. The van der Waals surface area contributed by atoms with Crippen molar-refractivity contribution >= 4 is 34.4 Å². The highest BCUT2D eigenvalue weighted by atomic mass is 16.5. The van der Waals surface area contributed by atoms with Crippen LogP contribution in [0.15, 0.2) is 48.5 Å². The minimum absolute atomic E-state index is 0.0384. The molecular weight excluding hydrogens is 516 g/mol. The van der Waals surface area contributed by atoms with Gasteiger partial charge in [-0.1, -0.05) is 17.3 Å². The van der Waals surface area contributed by atoms with Crippen molar-refractivity contribution in [2.24, 2.45) is 11.8 Å². The van der Waals surface area contributed by atoms with Crippen LogP contribution in [0, 0.1) is 11.8 Å². The first-order valence-corrected chi connectivity index (χ1v) is 13.5. The van der Waals surface area contributed by atoms with Crippen LogP contribution in [0.5, 0.6) is 5.75 Å². The Morgan fingerprint density at radius 3 is 2.67 bits per heavy atom. The fourth-order valence-corrected chi connectivity index (χ4v) is 6.78. The average molecular weight is 549 g/mol. The maximum atomic E-state index is 13.8. The molecule has 0 radical (unpaired) electrons. The third-order valence-corrected chi connectivity index (χ3v) is 8.40. The van der Waals surface area contributed by atoms with Gasteiger partial charge in [0.05, 0.1) is 36.2 Å². The molecule has 3 aliphatic heterocycles. The molecule has 1 aromatic heterocycles. The summed E-state index contributed by atoms with van der Waals surface area (Å²) in [4.78, 5) is 42.6. The number of hydrogen-bond acceptors (Lipinski definition) is 8. The topological polar surface area (TPSA) is 148 Å². The summed E-state index contributed by atoms with van der Waals surface area (Å²) < 4.78 is 13.6. The minimum atomic E-state index is -1.18. The van der Waals surface area contributed by atoms with Crippen molar-refractivity contribution in [2.75, 3.05) is 25.1 Å². The number of ether oxygens (including phenoxy) is 2. The number of nitrogens with zero attached hydrogens (tertiary/aromatic N) is 4. The Labute approximate surface area is 230 Å². The van der Waals surface area contributed by atoms with E-state index < -0.39 is 35.0 Å². The number of β-amino-alcohol motifs (C(OH)–C–C–N with tert-alkyl or cyclic N) is 1. The number of rotatable bonds is 9. The monoisotopic (exact) mass is 548 g/mol. The molecule has 1 spiro atoms. The lowest BCUT2D eigenvalue weighted by molar-refractivity contribution is -0.145. The zero-order valence-corrected chi connectivity index (χ0v) is 22.4. The molecule has 0 saturated carbocycles. The number of fused-ring (bicyclic) bond motifs is 2. The molecule has 2 aromatic carbocycles. The van der Waals surface area contributed by atoms with Crippen molar-refractivity contribution < 1.29 is 29.0 Å². The van der Waals surface area contributed by atoms with Gasteiger partial charge in [0.2, 0.25) is 17.7 Å².